The van der Waals surface area contributed by atoms with Gasteiger partial charge in [-0.25, -0.2) is 9.18 Å². The predicted molar refractivity (Wildman–Crippen MR) is 91.2 cm³/mol. The van der Waals surface area contributed by atoms with Gasteiger partial charge in [-0.15, -0.1) is 0 Å². The van der Waals surface area contributed by atoms with Crippen LogP contribution in [0.15, 0.2) is 42.5 Å². The second-order valence-electron chi connectivity index (χ2n) is 5.48. The van der Waals surface area contributed by atoms with Gasteiger partial charge in [0.15, 0.2) is 11.5 Å². The smallest absolute Gasteiger partial charge is 0.387 e. The standard InChI is InChI=1S/C18H19F3N2O3/c1-11(13-6-4-5-7-14(13)19)23(2)18(24)22-12-8-9-15(25-3)16(10-12)26-17(20)21/h4-11,17H,1-3H3,(H,22,24). The summed E-state index contributed by atoms with van der Waals surface area (Å²) in [6.07, 6.45) is 0. The zero-order valence-corrected chi connectivity index (χ0v) is 14.5. The summed E-state index contributed by atoms with van der Waals surface area (Å²) in [5.74, 6) is -0.516. The number of carbonyl (C=O) groups excluding carboxylic acids is 1. The van der Waals surface area contributed by atoms with Crippen LogP contribution in [0.2, 0.25) is 0 Å². The number of methoxy groups -OCH3 is 1. The molecule has 2 rings (SSSR count). The number of anilines is 1. The Morgan fingerprint density at radius 3 is 2.46 bits per heavy atom. The number of hydrogen-bond donors (Lipinski definition) is 1. The Kier molecular flexibility index (Phi) is 6.32. The Hall–Kier alpha value is -2.90. The molecule has 2 aromatic rings. The number of rotatable bonds is 6. The lowest BCUT2D eigenvalue weighted by Gasteiger charge is -2.26. The number of amides is 2. The number of ether oxygens (including phenoxy) is 2. The number of alkyl halides is 2. The molecule has 8 heteroatoms. The number of hydrogen-bond acceptors (Lipinski definition) is 3. The number of urea groups is 1. The number of benzene rings is 2. The molecule has 0 aromatic heterocycles. The molecule has 0 bridgehead atoms. The number of carbonyl (C=O) groups is 1. The van der Waals surface area contributed by atoms with E-state index < -0.39 is 24.5 Å². The third-order valence-corrected chi connectivity index (χ3v) is 3.89. The van der Waals surface area contributed by atoms with Crippen LogP contribution >= 0.6 is 0 Å². The van der Waals surface area contributed by atoms with E-state index in [0.717, 1.165) is 0 Å². The van der Waals surface area contributed by atoms with Crippen molar-refractivity contribution in [2.24, 2.45) is 0 Å². The SMILES string of the molecule is COc1ccc(NC(=O)N(C)C(C)c2ccccc2F)cc1OC(F)F. The molecule has 0 saturated heterocycles. The van der Waals surface area contributed by atoms with Gasteiger partial charge < -0.3 is 19.7 Å². The first-order valence-corrected chi connectivity index (χ1v) is 7.74. The summed E-state index contributed by atoms with van der Waals surface area (Å²) in [5, 5.41) is 2.56. The summed E-state index contributed by atoms with van der Waals surface area (Å²) in [6, 6.07) is 9.18. The van der Waals surface area contributed by atoms with Crippen LogP contribution in [0.5, 0.6) is 11.5 Å². The Morgan fingerprint density at radius 1 is 1.15 bits per heavy atom. The molecule has 1 N–H and O–H groups in total. The summed E-state index contributed by atoms with van der Waals surface area (Å²) in [5.41, 5.74) is 0.598. The van der Waals surface area contributed by atoms with Gasteiger partial charge in [0.25, 0.3) is 0 Å². The minimum Gasteiger partial charge on any atom is -0.493 e. The fourth-order valence-corrected chi connectivity index (χ4v) is 2.35. The highest BCUT2D eigenvalue weighted by molar-refractivity contribution is 5.89. The van der Waals surface area contributed by atoms with Gasteiger partial charge in [-0.1, -0.05) is 18.2 Å². The first kappa shape index (κ1) is 19.4. The molecule has 2 aromatic carbocycles. The first-order valence-electron chi connectivity index (χ1n) is 7.74. The Morgan fingerprint density at radius 2 is 1.85 bits per heavy atom. The third-order valence-electron chi connectivity index (χ3n) is 3.89. The average Bonchev–Trinajstić information content (AvgIpc) is 2.60. The lowest BCUT2D eigenvalue weighted by molar-refractivity contribution is -0.0511. The summed E-state index contributed by atoms with van der Waals surface area (Å²) >= 11 is 0. The highest BCUT2D eigenvalue weighted by Gasteiger charge is 2.20. The maximum atomic E-state index is 13.9. The van der Waals surface area contributed by atoms with Gasteiger partial charge in [0.1, 0.15) is 5.82 Å². The maximum Gasteiger partial charge on any atom is 0.387 e. The van der Waals surface area contributed by atoms with E-state index in [1.165, 1.54) is 43.3 Å². The van der Waals surface area contributed by atoms with Gasteiger partial charge >= 0.3 is 12.6 Å². The van der Waals surface area contributed by atoms with E-state index in [1.807, 2.05) is 0 Å². The summed E-state index contributed by atoms with van der Waals surface area (Å²) in [6.45, 7) is -1.35. The topological polar surface area (TPSA) is 50.8 Å². The quantitative estimate of drug-likeness (QED) is 0.807. The van der Waals surface area contributed by atoms with Crippen LogP contribution in [-0.4, -0.2) is 31.7 Å². The predicted octanol–water partition coefficient (Wildman–Crippen LogP) is 4.66. The van der Waals surface area contributed by atoms with Gasteiger partial charge in [0.2, 0.25) is 0 Å². The lowest BCUT2D eigenvalue weighted by atomic mass is 10.1. The third kappa shape index (κ3) is 4.59. The van der Waals surface area contributed by atoms with E-state index in [4.69, 9.17) is 4.74 Å². The van der Waals surface area contributed by atoms with Crippen LogP contribution in [0.4, 0.5) is 23.7 Å². The van der Waals surface area contributed by atoms with E-state index in [-0.39, 0.29) is 17.2 Å². The average molecular weight is 368 g/mol. The van der Waals surface area contributed by atoms with Crippen LogP contribution in [0.3, 0.4) is 0 Å². The maximum absolute atomic E-state index is 13.9. The van der Waals surface area contributed by atoms with Crippen molar-refractivity contribution >= 4 is 11.7 Å². The van der Waals surface area contributed by atoms with Crippen LogP contribution < -0.4 is 14.8 Å². The van der Waals surface area contributed by atoms with Crippen LogP contribution in [-0.2, 0) is 0 Å². The van der Waals surface area contributed by atoms with Crippen LogP contribution in [0.1, 0.15) is 18.5 Å². The fourth-order valence-electron chi connectivity index (χ4n) is 2.35. The Balaban J connectivity index is 2.14. The molecule has 0 heterocycles. The van der Waals surface area contributed by atoms with Crippen molar-refractivity contribution in [3.63, 3.8) is 0 Å². The fraction of sp³-hybridized carbons (Fsp3) is 0.278. The summed E-state index contributed by atoms with van der Waals surface area (Å²) in [4.78, 5) is 13.7. The largest absolute Gasteiger partial charge is 0.493 e. The van der Waals surface area contributed by atoms with Crippen LogP contribution in [0, 0.1) is 5.82 Å². The zero-order chi connectivity index (χ0) is 19.3. The van der Waals surface area contributed by atoms with E-state index in [2.05, 4.69) is 10.1 Å². The molecule has 1 atom stereocenters. The van der Waals surface area contributed by atoms with E-state index in [0.29, 0.717) is 5.56 Å². The summed E-state index contributed by atoms with van der Waals surface area (Å²) in [7, 11) is 2.82. The molecule has 0 radical (unpaired) electrons. The molecule has 0 spiro atoms. The van der Waals surface area contributed by atoms with Crippen molar-refractivity contribution in [3.8, 4) is 11.5 Å². The van der Waals surface area contributed by atoms with Gasteiger partial charge in [-0.2, -0.15) is 8.78 Å². The molecule has 5 nitrogen and oxygen atoms in total. The number of halogens is 3. The number of nitrogens with one attached hydrogen (secondary N) is 1. The summed E-state index contributed by atoms with van der Waals surface area (Å²) < 4.78 is 48.2. The second kappa shape index (κ2) is 8.46. The molecular weight excluding hydrogens is 349 g/mol. The normalized spacial score (nSPS) is 11.8. The molecule has 26 heavy (non-hydrogen) atoms. The van der Waals surface area contributed by atoms with Gasteiger partial charge in [0.05, 0.1) is 13.2 Å². The van der Waals surface area contributed by atoms with Crippen molar-refractivity contribution in [2.75, 3.05) is 19.5 Å². The minimum atomic E-state index is -3.03. The monoisotopic (exact) mass is 368 g/mol. The van der Waals surface area contributed by atoms with Crippen molar-refractivity contribution in [2.45, 2.75) is 19.6 Å². The minimum absolute atomic E-state index is 0.108. The highest BCUT2D eigenvalue weighted by Crippen LogP contribution is 2.32. The van der Waals surface area contributed by atoms with E-state index >= 15 is 0 Å². The second-order valence-corrected chi connectivity index (χ2v) is 5.48. The highest BCUT2D eigenvalue weighted by atomic mass is 19.3. The Bertz CT molecular complexity index is 771. The first-order chi connectivity index (χ1) is 12.3. The van der Waals surface area contributed by atoms with E-state index in [9.17, 15) is 18.0 Å². The van der Waals surface area contributed by atoms with Gasteiger partial charge in [-0.05, 0) is 25.1 Å². The molecule has 0 saturated carbocycles. The lowest BCUT2D eigenvalue weighted by Crippen LogP contribution is -2.34. The van der Waals surface area contributed by atoms with Crippen molar-refractivity contribution in [3.05, 3.63) is 53.8 Å². The van der Waals surface area contributed by atoms with Crippen molar-refractivity contribution < 1.29 is 27.4 Å². The number of nitrogens with zero attached hydrogens (tertiary/aromatic N) is 1. The molecule has 0 aliphatic carbocycles. The molecule has 0 fully saturated rings. The van der Waals surface area contributed by atoms with Gasteiger partial charge in [0, 0.05) is 24.4 Å². The zero-order valence-electron chi connectivity index (χ0n) is 14.5. The van der Waals surface area contributed by atoms with Crippen molar-refractivity contribution in [1.29, 1.82) is 0 Å². The van der Waals surface area contributed by atoms with Gasteiger partial charge in [-0.3, -0.25) is 0 Å². The molecule has 0 aliphatic heterocycles. The molecule has 1 unspecified atom stereocenters. The molecular formula is C18H19F3N2O3. The van der Waals surface area contributed by atoms with Crippen LogP contribution in [0.25, 0.3) is 0 Å². The van der Waals surface area contributed by atoms with E-state index in [1.54, 1.807) is 25.1 Å². The molecule has 140 valence electrons. The Labute approximate surface area is 149 Å². The van der Waals surface area contributed by atoms with Crippen molar-refractivity contribution in [1.82, 2.24) is 4.90 Å². The molecule has 0 aliphatic rings. The molecule has 2 amide bonds.